The van der Waals surface area contributed by atoms with Crippen LogP contribution in [-0.4, -0.2) is 18.6 Å². The number of halogens is 1. The molecule has 0 atom stereocenters. The molecule has 0 saturated carbocycles. The van der Waals surface area contributed by atoms with E-state index in [4.69, 9.17) is 5.73 Å². The summed E-state index contributed by atoms with van der Waals surface area (Å²) in [5.41, 5.74) is 6.17. The Kier molecular flexibility index (Phi) is 2.95. The Morgan fingerprint density at radius 3 is 2.67 bits per heavy atom. The number of aromatic nitrogens is 2. The molecule has 4 N–H and O–H groups in total. The largest absolute Gasteiger partial charge is 0.383 e. The first-order valence-corrected chi connectivity index (χ1v) is 6.45. The Morgan fingerprint density at radius 2 is 2.11 bits per heavy atom. The fourth-order valence-corrected chi connectivity index (χ4v) is 2.57. The minimum Gasteiger partial charge on any atom is -0.383 e. The van der Waals surface area contributed by atoms with Gasteiger partial charge in [0.15, 0.2) is 0 Å². The smallest absolute Gasteiger partial charge is 0.267 e. The van der Waals surface area contributed by atoms with E-state index in [0.717, 1.165) is 12.3 Å². The van der Waals surface area contributed by atoms with E-state index in [0.29, 0.717) is 5.56 Å². The molecular formula is C10H11FN4O2S. The van der Waals surface area contributed by atoms with Crippen LogP contribution in [0.25, 0.3) is 0 Å². The number of aryl methyl sites for hydroxylation is 1. The normalized spacial score (nSPS) is 11.4. The number of sulfonamides is 1. The summed E-state index contributed by atoms with van der Waals surface area (Å²) in [6.07, 6.45) is 1.09. The number of hydrogen-bond acceptors (Lipinski definition) is 4. The SMILES string of the molecule is Cc1cc(F)cc(NS(=O)(=O)c2cn[nH]c2N)c1. The molecule has 1 aromatic heterocycles. The van der Waals surface area contributed by atoms with Crippen molar-refractivity contribution in [3.8, 4) is 0 Å². The number of nitrogens with zero attached hydrogens (tertiary/aromatic N) is 1. The molecule has 0 aliphatic carbocycles. The van der Waals surface area contributed by atoms with Crippen molar-refractivity contribution in [3.05, 3.63) is 35.8 Å². The standard InChI is InChI=1S/C10H11FN4O2S/c1-6-2-7(11)4-8(3-6)15-18(16,17)9-5-13-14-10(9)12/h2-5,15H,1H3,(H3,12,13,14). The molecule has 2 aromatic rings. The molecular weight excluding hydrogens is 259 g/mol. The fraction of sp³-hybridized carbons (Fsp3) is 0.100. The third-order valence-corrected chi connectivity index (χ3v) is 3.62. The summed E-state index contributed by atoms with van der Waals surface area (Å²) in [4.78, 5) is -0.176. The Labute approximate surface area is 103 Å². The van der Waals surface area contributed by atoms with Crippen LogP contribution in [0, 0.1) is 12.7 Å². The van der Waals surface area contributed by atoms with Crippen molar-refractivity contribution in [2.24, 2.45) is 0 Å². The minimum atomic E-state index is -3.87. The van der Waals surface area contributed by atoms with Gasteiger partial charge in [-0.15, -0.1) is 0 Å². The van der Waals surface area contributed by atoms with Gasteiger partial charge in [0.2, 0.25) is 0 Å². The molecule has 0 radical (unpaired) electrons. The van der Waals surface area contributed by atoms with Gasteiger partial charge in [0.25, 0.3) is 10.0 Å². The van der Waals surface area contributed by atoms with E-state index in [2.05, 4.69) is 14.9 Å². The topological polar surface area (TPSA) is 101 Å². The Morgan fingerprint density at radius 1 is 1.39 bits per heavy atom. The summed E-state index contributed by atoms with van der Waals surface area (Å²) in [6.45, 7) is 1.66. The molecule has 0 bridgehead atoms. The third-order valence-electron chi connectivity index (χ3n) is 2.22. The second-order valence-electron chi connectivity index (χ2n) is 3.77. The summed E-state index contributed by atoms with van der Waals surface area (Å²) in [5, 5.41) is 5.84. The van der Waals surface area contributed by atoms with Crippen LogP contribution in [0.1, 0.15) is 5.56 Å². The minimum absolute atomic E-state index is 0.0735. The molecule has 0 aliphatic rings. The van der Waals surface area contributed by atoms with E-state index in [1.165, 1.54) is 12.1 Å². The summed E-state index contributed by atoms with van der Waals surface area (Å²) in [5.74, 6) is -0.594. The number of nitrogen functional groups attached to an aromatic ring is 1. The monoisotopic (exact) mass is 270 g/mol. The predicted molar refractivity (Wildman–Crippen MR) is 64.9 cm³/mol. The maximum atomic E-state index is 13.1. The Hall–Kier alpha value is -2.09. The van der Waals surface area contributed by atoms with Gasteiger partial charge in [0.05, 0.1) is 11.9 Å². The van der Waals surface area contributed by atoms with E-state index in [-0.39, 0.29) is 16.4 Å². The number of aromatic amines is 1. The van der Waals surface area contributed by atoms with Crippen LogP contribution in [0.5, 0.6) is 0 Å². The predicted octanol–water partition coefficient (Wildman–Crippen LogP) is 1.24. The van der Waals surface area contributed by atoms with Crippen molar-refractivity contribution in [3.63, 3.8) is 0 Å². The van der Waals surface area contributed by atoms with E-state index in [9.17, 15) is 12.8 Å². The molecule has 0 fully saturated rings. The number of nitrogens with one attached hydrogen (secondary N) is 2. The summed E-state index contributed by atoms with van der Waals surface area (Å²) >= 11 is 0. The molecule has 1 heterocycles. The zero-order chi connectivity index (χ0) is 13.3. The van der Waals surface area contributed by atoms with Gasteiger partial charge in [-0.1, -0.05) is 0 Å². The molecule has 6 nitrogen and oxygen atoms in total. The van der Waals surface area contributed by atoms with Crippen molar-refractivity contribution in [1.29, 1.82) is 0 Å². The quantitative estimate of drug-likeness (QED) is 0.781. The van der Waals surface area contributed by atoms with Crippen LogP contribution in [-0.2, 0) is 10.0 Å². The molecule has 0 amide bonds. The van der Waals surface area contributed by atoms with Crippen LogP contribution in [0.3, 0.4) is 0 Å². The molecule has 0 saturated heterocycles. The lowest BCUT2D eigenvalue weighted by Gasteiger charge is -2.07. The van der Waals surface area contributed by atoms with Crippen LogP contribution < -0.4 is 10.5 Å². The van der Waals surface area contributed by atoms with E-state index in [1.54, 1.807) is 6.92 Å². The maximum Gasteiger partial charge on any atom is 0.267 e. The van der Waals surface area contributed by atoms with E-state index in [1.807, 2.05) is 0 Å². The number of nitrogens with two attached hydrogens (primary N) is 1. The second-order valence-corrected chi connectivity index (χ2v) is 5.42. The molecule has 0 unspecified atom stereocenters. The fourth-order valence-electron chi connectivity index (χ4n) is 1.50. The van der Waals surface area contributed by atoms with Crippen molar-refractivity contribution in [1.82, 2.24) is 10.2 Å². The molecule has 1 aromatic carbocycles. The summed E-state index contributed by atoms with van der Waals surface area (Å²) in [6, 6.07) is 3.89. The highest BCUT2D eigenvalue weighted by atomic mass is 32.2. The van der Waals surface area contributed by atoms with Gasteiger partial charge in [-0.3, -0.25) is 9.82 Å². The Bertz CT molecular complexity index is 661. The van der Waals surface area contributed by atoms with Gasteiger partial charge in [0.1, 0.15) is 16.5 Å². The zero-order valence-corrected chi connectivity index (χ0v) is 10.3. The highest BCUT2D eigenvalue weighted by molar-refractivity contribution is 7.92. The van der Waals surface area contributed by atoms with Crippen molar-refractivity contribution in [2.45, 2.75) is 11.8 Å². The molecule has 96 valence electrons. The van der Waals surface area contributed by atoms with Gasteiger partial charge in [-0.25, -0.2) is 12.8 Å². The lowest BCUT2D eigenvalue weighted by atomic mass is 10.2. The average Bonchev–Trinajstić information content (AvgIpc) is 2.62. The first-order chi connectivity index (χ1) is 8.38. The van der Waals surface area contributed by atoms with E-state index < -0.39 is 15.8 Å². The summed E-state index contributed by atoms with van der Waals surface area (Å²) < 4.78 is 39.2. The summed E-state index contributed by atoms with van der Waals surface area (Å²) in [7, 11) is -3.87. The van der Waals surface area contributed by atoms with E-state index >= 15 is 0 Å². The zero-order valence-electron chi connectivity index (χ0n) is 9.44. The van der Waals surface area contributed by atoms with Crippen LogP contribution in [0.2, 0.25) is 0 Å². The van der Waals surface area contributed by atoms with Crippen molar-refractivity contribution in [2.75, 3.05) is 10.5 Å². The first kappa shape index (κ1) is 12.4. The number of hydrogen-bond donors (Lipinski definition) is 3. The first-order valence-electron chi connectivity index (χ1n) is 4.97. The number of anilines is 2. The maximum absolute atomic E-state index is 13.1. The number of rotatable bonds is 3. The number of benzene rings is 1. The molecule has 8 heteroatoms. The average molecular weight is 270 g/mol. The van der Waals surface area contributed by atoms with Crippen LogP contribution in [0.15, 0.2) is 29.3 Å². The van der Waals surface area contributed by atoms with Crippen molar-refractivity contribution < 1.29 is 12.8 Å². The highest BCUT2D eigenvalue weighted by Gasteiger charge is 2.19. The third kappa shape index (κ3) is 2.43. The molecule has 18 heavy (non-hydrogen) atoms. The van der Waals surface area contributed by atoms with Crippen molar-refractivity contribution >= 4 is 21.5 Å². The van der Waals surface area contributed by atoms with Gasteiger partial charge in [-0.05, 0) is 30.7 Å². The van der Waals surface area contributed by atoms with Gasteiger partial charge < -0.3 is 5.73 Å². The van der Waals surface area contributed by atoms with Gasteiger partial charge in [-0.2, -0.15) is 5.10 Å². The molecule has 0 spiro atoms. The second kappa shape index (κ2) is 4.30. The van der Waals surface area contributed by atoms with Gasteiger partial charge >= 0.3 is 0 Å². The lowest BCUT2D eigenvalue weighted by molar-refractivity contribution is 0.601. The number of H-pyrrole nitrogens is 1. The van der Waals surface area contributed by atoms with Crippen LogP contribution in [0.4, 0.5) is 15.9 Å². The molecule has 0 aliphatic heterocycles. The van der Waals surface area contributed by atoms with Gasteiger partial charge in [0, 0.05) is 0 Å². The Balaban J connectivity index is 2.37. The lowest BCUT2D eigenvalue weighted by Crippen LogP contribution is -2.14. The van der Waals surface area contributed by atoms with Crippen LogP contribution >= 0.6 is 0 Å². The highest BCUT2D eigenvalue weighted by Crippen LogP contribution is 2.20. The molecule has 2 rings (SSSR count).